The van der Waals surface area contributed by atoms with Gasteiger partial charge in [0.2, 0.25) is 0 Å². The summed E-state index contributed by atoms with van der Waals surface area (Å²) in [7, 11) is 1.51. The van der Waals surface area contributed by atoms with E-state index in [2.05, 4.69) is 9.99 Å². The monoisotopic (exact) mass is 153 g/mol. The lowest BCUT2D eigenvalue weighted by Crippen LogP contribution is -2.02. The summed E-state index contributed by atoms with van der Waals surface area (Å²) in [6.07, 6.45) is 4.03. The van der Waals surface area contributed by atoms with Gasteiger partial charge >= 0.3 is 0 Å². The Hall–Kier alpha value is -1.25. The van der Waals surface area contributed by atoms with Crippen molar-refractivity contribution < 1.29 is 9.94 Å². The maximum atomic E-state index is 9.16. The van der Waals surface area contributed by atoms with Crippen molar-refractivity contribution in [1.29, 1.82) is 0 Å². The average Bonchev–Trinajstić information content (AvgIpc) is 1.98. The maximum absolute atomic E-state index is 9.16. The van der Waals surface area contributed by atoms with Gasteiger partial charge < -0.3 is 9.94 Å². The summed E-state index contributed by atoms with van der Waals surface area (Å²) in [5.41, 5.74) is 1.76. The molecule has 60 valence electrons. The van der Waals surface area contributed by atoms with Gasteiger partial charge in [0, 0.05) is 6.42 Å². The highest BCUT2D eigenvalue weighted by Gasteiger charge is 2.07. The molecule has 3 nitrogen and oxygen atoms in total. The fourth-order valence-electron chi connectivity index (χ4n) is 0.919. The molecule has 1 aliphatic rings. The van der Waals surface area contributed by atoms with Crippen molar-refractivity contribution in [3.63, 3.8) is 0 Å². The fraction of sp³-hybridized carbons (Fsp3) is 0.375. The van der Waals surface area contributed by atoms with Gasteiger partial charge in [-0.1, -0.05) is 5.16 Å². The van der Waals surface area contributed by atoms with Crippen LogP contribution in [0.5, 0.6) is 0 Å². The number of allylic oxidation sites excluding steroid dienone is 3. The van der Waals surface area contributed by atoms with Crippen LogP contribution < -0.4 is 0 Å². The zero-order chi connectivity index (χ0) is 8.27. The number of hydrogen-bond donors (Lipinski definition) is 1. The highest BCUT2D eigenvalue weighted by atomic mass is 16.6. The molecule has 0 amide bonds. The van der Waals surface area contributed by atoms with E-state index in [9.17, 15) is 0 Å². The second kappa shape index (κ2) is 3.23. The Morgan fingerprint density at radius 1 is 1.55 bits per heavy atom. The van der Waals surface area contributed by atoms with Crippen molar-refractivity contribution in [3.05, 3.63) is 23.5 Å². The Balaban J connectivity index is 2.74. The highest BCUT2D eigenvalue weighted by Crippen LogP contribution is 2.14. The van der Waals surface area contributed by atoms with Crippen molar-refractivity contribution in [3.8, 4) is 0 Å². The predicted molar refractivity (Wildman–Crippen MR) is 43.5 cm³/mol. The van der Waals surface area contributed by atoms with E-state index in [1.807, 2.05) is 6.92 Å². The van der Waals surface area contributed by atoms with Gasteiger partial charge in [-0.15, -0.1) is 0 Å². The third-order valence-electron chi connectivity index (χ3n) is 1.53. The van der Waals surface area contributed by atoms with Gasteiger partial charge in [0.25, 0.3) is 0 Å². The number of aliphatic hydroxyl groups is 1. The first-order valence-corrected chi connectivity index (χ1v) is 3.41. The molecule has 1 aliphatic carbocycles. The zero-order valence-corrected chi connectivity index (χ0v) is 6.66. The molecule has 3 heteroatoms. The van der Waals surface area contributed by atoms with Crippen LogP contribution in [-0.4, -0.2) is 17.9 Å². The number of rotatable bonds is 1. The van der Waals surface area contributed by atoms with Crippen LogP contribution in [0.3, 0.4) is 0 Å². The van der Waals surface area contributed by atoms with Crippen LogP contribution >= 0.6 is 0 Å². The minimum absolute atomic E-state index is 0.333. The number of hydrogen-bond acceptors (Lipinski definition) is 3. The SMILES string of the molecule is CON=C1C=CC(O)=C(C)C1. The van der Waals surface area contributed by atoms with Gasteiger partial charge in [-0.25, -0.2) is 0 Å². The van der Waals surface area contributed by atoms with E-state index in [0.29, 0.717) is 12.2 Å². The molecule has 0 aromatic rings. The highest BCUT2D eigenvalue weighted by molar-refractivity contribution is 5.97. The molecule has 11 heavy (non-hydrogen) atoms. The van der Waals surface area contributed by atoms with E-state index in [1.54, 1.807) is 12.2 Å². The lowest BCUT2D eigenvalue weighted by atomic mass is 10.0. The molecule has 0 bridgehead atoms. The van der Waals surface area contributed by atoms with E-state index >= 15 is 0 Å². The summed E-state index contributed by atoms with van der Waals surface area (Å²) in [5.74, 6) is 0.333. The summed E-state index contributed by atoms with van der Waals surface area (Å²) < 4.78 is 0. The van der Waals surface area contributed by atoms with Crippen LogP contribution in [-0.2, 0) is 4.84 Å². The summed E-state index contributed by atoms with van der Waals surface area (Å²) in [6.45, 7) is 1.87. The Kier molecular flexibility index (Phi) is 2.31. The zero-order valence-electron chi connectivity index (χ0n) is 6.66. The molecule has 1 N–H and O–H groups in total. The second-order valence-electron chi connectivity index (χ2n) is 2.44. The third-order valence-corrected chi connectivity index (χ3v) is 1.53. The van der Waals surface area contributed by atoms with Crippen molar-refractivity contribution in [1.82, 2.24) is 0 Å². The van der Waals surface area contributed by atoms with Crippen molar-refractivity contribution in [2.75, 3.05) is 7.11 Å². The van der Waals surface area contributed by atoms with Gasteiger partial charge in [0.1, 0.15) is 12.9 Å². The van der Waals surface area contributed by atoms with Crippen molar-refractivity contribution >= 4 is 5.71 Å². The fourth-order valence-corrected chi connectivity index (χ4v) is 0.919. The number of oxime groups is 1. The Bertz CT molecular complexity index is 238. The van der Waals surface area contributed by atoms with Crippen LogP contribution in [0.15, 0.2) is 28.6 Å². The van der Waals surface area contributed by atoms with Gasteiger partial charge in [-0.2, -0.15) is 0 Å². The topological polar surface area (TPSA) is 41.8 Å². The Labute approximate surface area is 65.7 Å². The molecule has 0 aromatic carbocycles. The Morgan fingerprint density at radius 3 is 2.82 bits per heavy atom. The quantitative estimate of drug-likeness (QED) is 0.583. The molecule has 0 saturated heterocycles. The smallest absolute Gasteiger partial charge is 0.114 e. The molecule has 0 unspecified atom stereocenters. The lowest BCUT2D eigenvalue weighted by Gasteiger charge is -2.07. The summed E-state index contributed by atoms with van der Waals surface area (Å²) >= 11 is 0. The van der Waals surface area contributed by atoms with Crippen molar-refractivity contribution in [2.24, 2.45) is 5.16 Å². The van der Waals surface area contributed by atoms with Crippen LogP contribution in [0.4, 0.5) is 0 Å². The van der Waals surface area contributed by atoms with E-state index in [1.165, 1.54) is 7.11 Å². The minimum atomic E-state index is 0.333. The summed E-state index contributed by atoms with van der Waals surface area (Å²) in [6, 6.07) is 0. The molecule has 0 aliphatic heterocycles. The van der Waals surface area contributed by atoms with Crippen molar-refractivity contribution in [2.45, 2.75) is 13.3 Å². The number of aliphatic hydroxyl groups excluding tert-OH is 1. The first kappa shape index (κ1) is 7.85. The number of nitrogens with zero attached hydrogens (tertiary/aromatic N) is 1. The van der Waals surface area contributed by atoms with Gasteiger partial charge in [0.15, 0.2) is 0 Å². The molecule has 0 radical (unpaired) electrons. The first-order valence-electron chi connectivity index (χ1n) is 3.41. The largest absolute Gasteiger partial charge is 0.508 e. The van der Waals surface area contributed by atoms with E-state index < -0.39 is 0 Å². The van der Waals surface area contributed by atoms with E-state index in [4.69, 9.17) is 5.11 Å². The molecular formula is C8H11NO2. The third kappa shape index (κ3) is 1.83. The summed E-state index contributed by atoms with van der Waals surface area (Å²) in [5, 5.41) is 12.9. The van der Waals surface area contributed by atoms with Gasteiger partial charge in [-0.05, 0) is 24.6 Å². The Morgan fingerprint density at radius 2 is 2.27 bits per heavy atom. The molecule has 1 rings (SSSR count). The molecule has 0 aromatic heterocycles. The molecule has 0 spiro atoms. The predicted octanol–water partition coefficient (Wildman–Crippen LogP) is 1.78. The van der Waals surface area contributed by atoms with Crippen LogP contribution in [0.25, 0.3) is 0 Å². The summed E-state index contributed by atoms with van der Waals surface area (Å²) in [4.78, 5) is 4.60. The van der Waals surface area contributed by atoms with Crippen LogP contribution in [0.1, 0.15) is 13.3 Å². The maximum Gasteiger partial charge on any atom is 0.114 e. The normalized spacial score (nSPS) is 21.1. The van der Waals surface area contributed by atoms with Gasteiger partial charge in [0.05, 0.1) is 5.71 Å². The van der Waals surface area contributed by atoms with Crippen LogP contribution in [0, 0.1) is 0 Å². The average molecular weight is 153 g/mol. The standard InChI is InChI=1S/C8H11NO2/c1-6-5-7(9-11-2)3-4-8(6)10/h3-4,10H,5H2,1-2H3. The molecule has 0 saturated carbocycles. The van der Waals surface area contributed by atoms with E-state index in [0.717, 1.165) is 11.3 Å². The minimum Gasteiger partial charge on any atom is -0.508 e. The molecule has 0 atom stereocenters. The molecular weight excluding hydrogens is 142 g/mol. The second-order valence-corrected chi connectivity index (χ2v) is 2.44. The van der Waals surface area contributed by atoms with Crippen LogP contribution in [0.2, 0.25) is 0 Å². The van der Waals surface area contributed by atoms with Gasteiger partial charge in [-0.3, -0.25) is 0 Å². The first-order chi connectivity index (χ1) is 5.24. The van der Waals surface area contributed by atoms with E-state index in [-0.39, 0.29) is 0 Å². The molecule has 0 heterocycles. The molecule has 0 fully saturated rings. The lowest BCUT2D eigenvalue weighted by molar-refractivity contribution is 0.213.